The lowest BCUT2D eigenvalue weighted by Gasteiger charge is -2.30. The molecule has 0 amide bonds. The van der Waals surface area contributed by atoms with Gasteiger partial charge in [-0.15, -0.1) is 11.3 Å². The van der Waals surface area contributed by atoms with Gasteiger partial charge in [0, 0.05) is 26.9 Å². The minimum atomic E-state index is 0.475. The number of benzene rings is 1. The molecule has 1 aliphatic carbocycles. The van der Waals surface area contributed by atoms with Gasteiger partial charge in [-0.1, -0.05) is 18.2 Å². The van der Waals surface area contributed by atoms with Gasteiger partial charge in [0.2, 0.25) is 0 Å². The van der Waals surface area contributed by atoms with Gasteiger partial charge in [0.25, 0.3) is 0 Å². The Hall–Kier alpha value is -0.510. The maximum absolute atomic E-state index is 3.84. The fourth-order valence-electron chi connectivity index (χ4n) is 3.12. The molecule has 1 nitrogen and oxygen atoms in total. The minimum Gasteiger partial charge on any atom is -0.307 e. The van der Waals surface area contributed by atoms with Gasteiger partial charge < -0.3 is 5.32 Å². The van der Waals surface area contributed by atoms with Crippen LogP contribution in [0.2, 0.25) is 0 Å². The van der Waals surface area contributed by atoms with Crippen molar-refractivity contribution in [3.63, 3.8) is 0 Å². The van der Waals surface area contributed by atoms with E-state index >= 15 is 0 Å². The fourth-order valence-corrected chi connectivity index (χ4v) is 4.94. The van der Waals surface area contributed by atoms with Gasteiger partial charge in [-0.3, -0.25) is 0 Å². The van der Waals surface area contributed by atoms with E-state index in [1.54, 1.807) is 0 Å². The molecule has 0 saturated heterocycles. The molecule has 1 atom stereocenters. The first-order valence-corrected chi connectivity index (χ1v) is 9.64. The van der Waals surface area contributed by atoms with Crippen molar-refractivity contribution >= 4 is 33.2 Å². The zero-order valence-electron chi connectivity index (χ0n) is 12.3. The summed E-state index contributed by atoms with van der Waals surface area (Å²) in [4.78, 5) is 1.47. The Bertz CT molecular complexity index is 522. The number of thioether (sulfide) groups is 1. The molecule has 0 spiro atoms. The first-order valence-electron chi connectivity index (χ1n) is 7.53. The van der Waals surface area contributed by atoms with Crippen molar-refractivity contribution in [1.29, 1.82) is 0 Å². The Morgan fingerprint density at radius 2 is 1.95 bits per heavy atom. The molecule has 1 aromatic carbocycles. The normalized spacial score (nSPS) is 24.9. The van der Waals surface area contributed by atoms with Crippen LogP contribution in [-0.4, -0.2) is 17.5 Å². The summed E-state index contributed by atoms with van der Waals surface area (Å²) >= 11 is 3.97. The molecule has 1 saturated carbocycles. The van der Waals surface area contributed by atoms with Crippen LogP contribution < -0.4 is 5.32 Å². The number of hydrogen-bond donors (Lipinski definition) is 1. The van der Waals surface area contributed by atoms with Crippen molar-refractivity contribution in [2.24, 2.45) is 0 Å². The molecule has 1 aromatic heterocycles. The quantitative estimate of drug-likeness (QED) is 0.830. The summed E-state index contributed by atoms with van der Waals surface area (Å²) in [7, 11) is 0. The van der Waals surface area contributed by atoms with Crippen molar-refractivity contribution in [3.8, 4) is 0 Å². The molecule has 0 radical (unpaired) electrons. The molecule has 0 bridgehead atoms. The predicted molar refractivity (Wildman–Crippen MR) is 92.9 cm³/mol. The summed E-state index contributed by atoms with van der Waals surface area (Å²) in [6.45, 7) is 2.31. The van der Waals surface area contributed by atoms with Crippen LogP contribution in [0.4, 0.5) is 0 Å². The largest absolute Gasteiger partial charge is 0.307 e. The van der Waals surface area contributed by atoms with E-state index in [4.69, 9.17) is 0 Å². The van der Waals surface area contributed by atoms with Crippen molar-refractivity contribution in [1.82, 2.24) is 5.32 Å². The number of rotatable bonds is 4. The van der Waals surface area contributed by atoms with Crippen LogP contribution in [0.15, 0.2) is 30.3 Å². The van der Waals surface area contributed by atoms with Gasteiger partial charge in [0.1, 0.15) is 0 Å². The third-order valence-corrected chi connectivity index (χ3v) is 6.80. The van der Waals surface area contributed by atoms with E-state index in [0.717, 1.165) is 5.25 Å². The summed E-state index contributed by atoms with van der Waals surface area (Å²) < 4.78 is 1.40. The van der Waals surface area contributed by atoms with Gasteiger partial charge >= 0.3 is 0 Å². The number of fused-ring (bicyclic) bond motifs is 1. The maximum atomic E-state index is 3.84. The smallest absolute Gasteiger partial charge is 0.0388 e. The van der Waals surface area contributed by atoms with E-state index in [-0.39, 0.29) is 0 Å². The molecule has 1 N–H and O–H groups in total. The summed E-state index contributed by atoms with van der Waals surface area (Å²) in [5.41, 5.74) is 0. The van der Waals surface area contributed by atoms with Crippen LogP contribution >= 0.6 is 23.1 Å². The molecule has 3 rings (SSSR count). The standard InChI is InChI=1S/C17H23NS2/c1-12(18-14-7-9-15(19-2)10-8-14)17-11-13-5-3-4-6-16(13)20-17/h3-6,11-12,14-15,18H,7-10H2,1-2H3. The average molecular weight is 306 g/mol. The Morgan fingerprint density at radius 3 is 2.65 bits per heavy atom. The molecule has 1 unspecified atom stereocenters. The monoisotopic (exact) mass is 305 g/mol. The van der Waals surface area contributed by atoms with Gasteiger partial charge in [-0.25, -0.2) is 0 Å². The number of nitrogens with one attached hydrogen (secondary N) is 1. The molecule has 2 aromatic rings. The molecule has 3 heteroatoms. The lowest BCUT2D eigenvalue weighted by Crippen LogP contribution is -2.35. The predicted octanol–water partition coefficient (Wildman–Crippen LogP) is 5.23. The summed E-state index contributed by atoms with van der Waals surface area (Å²) in [6.07, 6.45) is 7.66. The highest BCUT2D eigenvalue weighted by molar-refractivity contribution is 7.99. The molecule has 1 aliphatic rings. The van der Waals surface area contributed by atoms with Crippen LogP contribution in [0.3, 0.4) is 0 Å². The molecule has 1 fully saturated rings. The van der Waals surface area contributed by atoms with Gasteiger partial charge in [-0.2, -0.15) is 11.8 Å². The lowest BCUT2D eigenvalue weighted by atomic mass is 9.94. The van der Waals surface area contributed by atoms with E-state index in [0.29, 0.717) is 12.1 Å². The second-order valence-electron chi connectivity index (χ2n) is 5.78. The van der Waals surface area contributed by atoms with E-state index in [1.165, 1.54) is 40.6 Å². The van der Waals surface area contributed by atoms with Gasteiger partial charge in [0.15, 0.2) is 0 Å². The Balaban J connectivity index is 1.63. The SMILES string of the molecule is CSC1CCC(NC(C)c2cc3ccccc3s2)CC1. The zero-order valence-corrected chi connectivity index (χ0v) is 13.9. The van der Waals surface area contributed by atoms with E-state index < -0.39 is 0 Å². The molecule has 108 valence electrons. The summed E-state index contributed by atoms with van der Waals surface area (Å²) in [5.74, 6) is 0. The second kappa shape index (κ2) is 6.50. The third kappa shape index (κ3) is 3.21. The van der Waals surface area contributed by atoms with E-state index in [9.17, 15) is 0 Å². The van der Waals surface area contributed by atoms with Gasteiger partial charge in [0.05, 0.1) is 0 Å². The molecular formula is C17H23NS2. The molecule has 1 heterocycles. The average Bonchev–Trinajstić information content (AvgIpc) is 2.92. The highest BCUT2D eigenvalue weighted by atomic mass is 32.2. The van der Waals surface area contributed by atoms with E-state index in [1.807, 2.05) is 23.1 Å². The van der Waals surface area contributed by atoms with Crippen molar-refractivity contribution in [2.75, 3.05) is 6.26 Å². The molecular weight excluding hydrogens is 282 g/mol. The van der Waals surface area contributed by atoms with Crippen LogP contribution in [-0.2, 0) is 0 Å². The van der Waals surface area contributed by atoms with Crippen LogP contribution in [0.1, 0.15) is 43.5 Å². The van der Waals surface area contributed by atoms with Crippen LogP contribution in [0.25, 0.3) is 10.1 Å². The minimum absolute atomic E-state index is 0.475. The first-order chi connectivity index (χ1) is 9.76. The zero-order chi connectivity index (χ0) is 13.9. The second-order valence-corrected chi connectivity index (χ2v) is 8.04. The van der Waals surface area contributed by atoms with Crippen LogP contribution in [0.5, 0.6) is 0 Å². The van der Waals surface area contributed by atoms with Crippen molar-refractivity contribution < 1.29 is 0 Å². The third-order valence-electron chi connectivity index (χ3n) is 4.36. The molecule has 0 aliphatic heterocycles. The first kappa shape index (κ1) is 14.4. The highest BCUT2D eigenvalue weighted by Gasteiger charge is 2.22. The number of hydrogen-bond acceptors (Lipinski definition) is 3. The molecule has 20 heavy (non-hydrogen) atoms. The fraction of sp³-hybridized carbons (Fsp3) is 0.529. The topological polar surface area (TPSA) is 12.0 Å². The van der Waals surface area contributed by atoms with Gasteiger partial charge in [-0.05, 0) is 56.4 Å². The van der Waals surface area contributed by atoms with Crippen molar-refractivity contribution in [2.45, 2.75) is 49.9 Å². The number of thiophene rings is 1. The Labute approximate surface area is 130 Å². The summed E-state index contributed by atoms with van der Waals surface area (Å²) in [5, 5.41) is 6.12. The highest BCUT2D eigenvalue weighted by Crippen LogP contribution is 2.32. The van der Waals surface area contributed by atoms with E-state index in [2.05, 4.69) is 48.8 Å². The Kier molecular flexibility index (Phi) is 4.69. The maximum Gasteiger partial charge on any atom is 0.0388 e. The van der Waals surface area contributed by atoms with Crippen LogP contribution in [0, 0.1) is 0 Å². The van der Waals surface area contributed by atoms with Crippen molar-refractivity contribution in [3.05, 3.63) is 35.2 Å². The lowest BCUT2D eigenvalue weighted by molar-refractivity contribution is 0.354. The summed E-state index contributed by atoms with van der Waals surface area (Å²) in [6, 6.07) is 12.2. The Morgan fingerprint density at radius 1 is 1.20 bits per heavy atom.